The summed E-state index contributed by atoms with van der Waals surface area (Å²) in [6.45, 7) is 0.567. The predicted molar refractivity (Wildman–Crippen MR) is 53.3 cm³/mol. The summed E-state index contributed by atoms with van der Waals surface area (Å²) in [5, 5.41) is 3.88. The number of aromatic nitrogens is 2. The van der Waals surface area contributed by atoms with Crippen molar-refractivity contribution >= 4 is 22.9 Å². The van der Waals surface area contributed by atoms with Gasteiger partial charge in [-0.3, -0.25) is 4.79 Å². The molecule has 1 heterocycles. The van der Waals surface area contributed by atoms with Crippen molar-refractivity contribution in [1.82, 2.24) is 9.78 Å². The van der Waals surface area contributed by atoms with Crippen LogP contribution in [0.25, 0.3) is 0 Å². The molecule has 1 aliphatic carbocycles. The molecule has 0 saturated heterocycles. The summed E-state index contributed by atoms with van der Waals surface area (Å²) in [5.74, 6) is 0. The van der Waals surface area contributed by atoms with Crippen LogP contribution in [0.2, 0.25) is 4.47 Å². The zero-order chi connectivity index (χ0) is 9.26. The first-order valence-corrected chi connectivity index (χ1v) is 5.36. The molecule has 3 nitrogen and oxygen atoms in total. The maximum atomic E-state index is 11.2. The highest BCUT2D eigenvalue weighted by atomic mass is 35.5. The molecule has 0 spiro atoms. The normalized spacial score (nSPS) is 15.6. The first-order valence-electron chi connectivity index (χ1n) is 4.17. The van der Waals surface area contributed by atoms with Crippen molar-refractivity contribution in [2.75, 3.05) is 0 Å². The van der Waals surface area contributed by atoms with Crippen LogP contribution in [0.4, 0.5) is 0 Å². The lowest BCUT2D eigenvalue weighted by molar-refractivity contribution is 0.627. The number of hydrogen-bond donors (Lipinski definition) is 0. The van der Waals surface area contributed by atoms with Crippen LogP contribution >= 0.6 is 22.9 Å². The summed E-state index contributed by atoms with van der Waals surface area (Å²) >= 11 is 6.57. The van der Waals surface area contributed by atoms with Crippen LogP contribution in [0, 0.1) is 0 Å². The maximum Gasteiger partial charge on any atom is 0.326 e. The number of hydrogen-bond acceptors (Lipinski definition) is 3. The summed E-state index contributed by atoms with van der Waals surface area (Å²) in [6.07, 6.45) is 5.69. The monoisotopic (exact) mass is 216 g/mol. The van der Waals surface area contributed by atoms with Crippen molar-refractivity contribution in [3.63, 3.8) is 0 Å². The second-order valence-corrected chi connectivity index (χ2v) is 4.54. The van der Waals surface area contributed by atoms with Gasteiger partial charge >= 0.3 is 4.87 Å². The van der Waals surface area contributed by atoms with Gasteiger partial charge in [-0.05, 0) is 42.2 Å². The van der Waals surface area contributed by atoms with Gasteiger partial charge in [-0.1, -0.05) is 11.6 Å². The van der Waals surface area contributed by atoms with Crippen LogP contribution in [0.1, 0.15) is 19.3 Å². The van der Waals surface area contributed by atoms with E-state index < -0.39 is 0 Å². The molecule has 1 fully saturated rings. The zero-order valence-corrected chi connectivity index (χ0v) is 8.57. The molecule has 1 saturated carbocycles. The molecule has 70 valence electrons. The Balaban J connectivity index is 2.09. The fraction of sp³-hybridized carbons (Fsp3) is 0.500. The number of halogens is 1. The molecular weight excluding hydrogens is 208 g/mol. The molecule has 1 aliphatic rings. The van der Waals surface area contributed by atoms with Gasteiger partial charge in [0.25, 0.3) is 0 Å². The van der Waals surface area contributed by atoms with Gasteiger partial charge in [-0.2, -0.15) is 0 Å². The van der Waals surface area contributed by atoms with Crippen molar-refractivity contribution in [2.24, 2.45) is 0 Å². The summed E-state index contributed by atoms with van der Waals surface area (Å²) in [7, 11) is 0. The Morgan fingerprint density at radius 1 is 1.62 bits per heavy atom. The van der Waals surface area contributed by atoms with Crippen molar-refractivity contribution in [2.45, 2.75) is 25.8 Å². The number of nitrogens with zero attached hydrogens (tertiary/aromatic N) is 2. The van der Waals surface area contributed by atoms with Gasteiger partial charge < -0.3 is 0 Å². The summed E-state index contributed by atoms with van der Waals surface area (Å²) in [6, 6.07) is 0. The Labute approximate surface area is 84.6 Å². The van der Waals surface area contributed by atoms with Crippen LogP contribution in [-0.4, -0.2) is 9.78 Å². The standard InChI is InChI=1S/C8H9ClN2OS/c9-7-10-11(8(12)13-7)5-4-6-2-1-3-6/h4H,1-3,5H2. The lowest BCUT2D eigenvalue weighted by atomic mass is 9.92. The fourth-order valence-corrected chi connectivity index (χ4v) is 1.99. The van der Waals surface area contributed by atoms with Crippen molar-refractivity contribution in [1.29, 1.82) is 0 Å². The van der Waals surface area contributed by atoms with Gasteiger partial charge in [0, 0.05) is 0 Å². The van der Waals surface area contributed by atoms with E-state index in [2.05, 4.69) is 11.2 Å². The summed E-state index contributed by atoms with van der Waals surface area (Å²) in [5.41, 5.74) is 1.43. The second kappa shape index (κ2) is 3.64. The average Bonchev–Trinajstić information content (AvgIpc) is 2.27. The molecule has 0 bridgehead atoms. The molecule has 1 aromatic heterocycles. The molecule has 2 rings (SSSR count). The van der Waals surface area contributed by atoms with E-state index in [1.165, 1.54) is 29.5 Å². The van der Waals surface area contributed by atoms with Crippen LogP contribution in [0.15, 0.2) is 16.4 Å². The topological polar surface area (TPSA) is 34.9 Å². The first kappa shape index (κ1) is 8.97. The Bertz CT molecular complexity index is 387. The Morgan fingerprint density at radius 2 is 2.38 bits per heavy atom. The number of allylic oxidation sites excluding steroid dienone is 2. The third-order valence-corrected chi connectivity index (χ3v) is 3.07. The highest BCUT2D eigenvalue weighted by Crippen LogP contribution is 2.24. The molecule has 0 aliphatic heterocycles. The van der Waals surface area contributed by atoms with Gasteiger partial charge in [-0.15, -0.1) is 5.10 Å². The Morgan fingerprint density at radius 3 is 2.85 bits per heavy atom. The lowest BCUT2D eigenvalue weighted by Crippen LogP contribution is -2.14. The molecule has 13 heavy (non-hydrogen) atoms. The molecule has 0 atom stereocenters. The third-order valence-electron chi connectivity index (χ3n) is 2.13. The largest absolute Gasteiger partial charge is 0.326 e. The fourth-order valence-electron chi connectivity index (χ4n) is 1.20. The van der Waals surface area contributed by atoms with E-state index in [1.54, 1.807) is 0 Å². The van der Waals surface area contributed by atoms with E-state index in [4.69, 9.17) is 11.6 Å². The lowest BCUT2D eigenvalue weighted by Gasteiger charge is -2.15. The van der Waals surface area contributed by atoms with Crippen LogP contribution in [0.3, 0.4) is 0 Å². The van der Waals surface area contributed by atoms with Crippen molar-refractivity contribution < 1.29 is 0 Å². The van der Waals surface area contributed by atoms with Gasteiger partial charge in [0.1, 0.15) is 0 Å². The van der Waals surface area contributed by atoms with Gasteiger partial charge in [0.2, 0.25) is 4.47 Å². The van der Waals surface area contributed by atoms with E-state index in [0.29, 0.717) is 11.0 Å². The minimum Gasteiger partial charge on any atom is -0.255 e. The second-order valence-electron chi connectivity index (χ2n) is 3.02. The Kier molecular flexibility index (Phi) is 2.51. The minimum atomic E-state index is -0.0822. The van der Waals surface area contributed by atoms with Gasteiger partial charge in [0.05, 0.1) is 6.54 Å². The predicted octanol–water partition coefficient (Wildman–Crippen LogP) is 2.07. The molecule has 1 aromatic rings. The van der Waals surface area contributed by atoms with Crippen molar-refractivity contribution in [3.8, 4) is 0 Å². The van der Waals surface area contributed by atoms with Crippen molar-refractivity contribution in [3.05, 3.63) is 25.8 Å². The SMILES string of the molecule is O=c1sc(Cl)nn1CC=C1CCC1. The number of rotatable bonds is 2. The zero-order valence-electron chi connectivity index (χ0n) is 6.99. The molecule has 5 heteroatoms. The highest BCUT2D eigenvalue weighted by molar-refractivity contribution is 7.13. The van der Waals surface area contributed by atoms with Gasteiger partial charge in [-0.25, -0.2) is 4.68 Å². The van der Waals surface area contributed by atoms with E-state index in [1.807, 2.05) is 0 Å². The van der Waals surface area contributed by atoms with Crippen LogP contribution in [0.5, 0.6) is 0 Å². The molecule has 0 N–H and O–H groups in total. The summed E-state index contributed by atoms with van der Waals surface area (Å²) < 4.78 is 1.72. The smallest absolute Gasteiger partial charge is 0.255 e. The molecule has 0 radical (unpaired) electrons. The maximum absolute atomic E-state index is 11.2. The highest BCUT2D eigenvalue weighted by Gasteiger charge is 2.08. The molecule has 0 aromatic carbocycles. The third kappa shape index (κ3) is 2.00. The molecular formula is C8H9ClN2OS. The quantitative estimate of drug-likeness (QED) is 0.710. The molecule has 0 unspecified atom stereocenters. The minimum absolute atomic E-state index is 0.0822. The van der Waals surface area contributed by atoms with Crippen LogP contribution < -0.4 is 4.87 Å². The van der Waals surface area contributed by atoms with Gasteiger partial charge in [0.15, 0.2) is 0 Å². The first-order chi connectivity index (χ1) is 6.25. The van der Waals surface area contributed by atoms with E-state index in [9.17, 15) is 4.79 Å². The van der Waals surface area contributed by atoms with Crippen LogP contribution in [-0.2, 0) is 6.54 Å². The summed E-state index contributed by atoms with van der Waals surface area (Å²) in [4.78, 5) is 11.1. The molecule has 0 amide bonds. The average molecular weight is 217 g/mol. The van der Waals surface area contributed by atoms with E-state index >= 15 is 0 Å². The van der Waals surface area contributed by atoms with E-state index in [0.717, 1.165) is 11.3 Å². The Hall–Kier alpha value is -0.610. The van der Waals surface area contributed by atoms with E-state index in [-0.39, 0.29) is 4.87 Å².